The first-order valence-corrected chi connectivity index (χ1v) is 11.4. The van der Waals surface area contributed by atoms with Gasteiger partial charge >= 0.3 is 0 Å². The molecule has 0 aliphatic heterocycles. The maximum atomic E-state index is 14.1. The SMILES string of the molecule is CNc1ccccc1NC(=O)CCCCCC(C=O)NC(=O)/C(N)=C/N(N)c1cccc(Cl)c1F. The van der Waals surface area contributed by atoms with Gasteiger partial charge in [-0.25, -0.2) is 10.2 Å². The number of carbonyl (C=O) groups is 3. The van der Waals surface area contributed by atoms with E-state index in [1.807, 2.05) is 24.3 Å². The van der Waals surface area contributed by atoms with Crippen LogP contribution in [-0.2, 0) is 14.4 Å². The molecule has 2 aromatic carbocycles. The molecule has 9 nitrogen and oxygen atoms in total. The standard InChI is InChI=1S/C24H30ClFN6O3/c1-29-19-10-5-6-11-20(19)31-22(34)13-4-2-3-8-16(15-33)30-24(35)18(27)14-32(28)21-12-7-9-17(25)23(21)26/h5-7,9-12,14-16,29H,2-4,8,13,27-28H2,1H3,(H,30,35)(H,31,34)/b18-14-. The van der Waals surface area contributed by atoms with Gasteiger partial charge in [-0.15, -0.1) is 0 Å². The van der Waals surface area contributed by atoms with Crippen LogP contribution in [-0.4, -0.2) is 31.2 Å². The molecule has 0 radical (unpaired) electrons. The zero-order valence-electron chi connectivity index (χ0n) is 19.4. The molecule has 0 saturated heterocycles. The van der Waals surface area contributed by atoms with Crippen molar-refractivity contribution in [3.05, 3.63) is 65.2 Å². The summed E-state index contributed by atoms with van der Waals surface area (Å²) in [5.41, 5.74) is 6.91. The van der Waals surface area contributed by atoms with E-state index in [-0.39, 0.29) is 22.3 Å². The fraction of sp³-hybridized carbons (Fsp3) is 0.292. The Hall–Kier alpha value is -3.63. The second-order valence-corrected chi connectivity index (χ2v) is 8.13. The summed E-state index contributed by atoms with van der Waals surface area (Å²) in [5, 5.41) is 9.10. The molecule has 2 rings (SSSR count). The van der Waals surface area contributed by atoms with Crippen molar-refractivity contribution in [3.8, 4) is 0 Å². The van der Waals surface area contributed by atoms with Crippen molar-refractivity contribution < 1.29 is 18.8 Å². The first-order chi connectivity index (χ1) is 16.8. The smallest absolute Gasteiger partial charge is 0.269 e. The number of amides is 2. The molecule has 0 bridgehead atoms. The molecular formula is C24H30ClFN6O3. The van der Waals surface area contributed by atoms with Crippen LogP contribution in [0.5, 0.6) is 0 Å². The lowest BCUT2D eigenvalue weighted by molar-refractivity contribution is -0.121. The van der Waals surface area contributed by atoms with Crippen LogP contribution >= 0.6 is 11.6 Å². The van der Waals surface area contributed by atoms with Crippen LogP contribution in [0.25, 0.3) is 0 Å². The number of hydrazine groups is 1. The zero-order chi connectivity index (χ0) is 25.8. The average molecular weight is 505 g/mol. The highest BCUT2D eigenvalue weighted by Crippen LogP contribution is 2.24. The largest absolute Gasteiger partial charge is 0.393 e. The molecular weight excluding hydrogens is 475 g/mol. The van der Waals surface area contributed by atoms with E-state index in [0.29, 0.717) is 44.1 Å². The van der Waals surface area contributed by atoms with E-state index in [9.17, 15) is 18.8 Å². The molecule has 0 aromatic heterocycles. The number of nitrogens with one attached hydrogen (secondary N) is 3. The van der Waals surface area contributed by atoms with Gasteiger partial charge in [-0.05, 0) is 37.1 Å². The van der Waals surface area contributed by atoms with Gasteiger partial charge in [-0.1, -0.05) is 42.6 Å². The molecule has 188 valence electrons. The third-order valence-electron chi connectivity index (χ3n) is 5.12. The number of carbonyl (C=O) groups excluding carboxylic acids is 3. The Kier molecular flexibility index (Phi) is 11.0. The van der Waals surface area contributed by atoms with E-state index in [1.165, 1.54) is 18.2 Å². The molecule has 7 N–H and O–H groups in total. The molecule has 0 spiro atoms. The average Bonchev–Trinajstić information content (AvgIpc) is 2.84. The maximum absolute atomic E-state index is 14.1. The van der Waals surface area contributed by atoms with E-state index in [4.69, 9.17) is 23.2 Å². The van der Waals surface area contributed by atoms with Gasteiger partial charge in [0.15, 0.2) is 5.82 Å². The van der Waals surface area contributed by atoms with Crippen molar-refractivity contribution in [2.24, 2.45) is 11.6 Å². The second-order valence-electron chi connectivity index (χ2n) is 7.72. The highest BCUT2D eigenvalue weighted by molar-refractivity contribution is 6.31. The van der Waals surface area contributed by atoms with Gasteiger partial charge in [0.1, 0.15) is 12.0 Å². The minimum absolute atomic E-state index is 0.0707. The normalized spacial score (nSPS) is 11.9. The first-order valence-electron chi connectivity index (χ1n) is 11.0. The Morgan fingerprint density at radius 2 is 1.83 bits per heavy atom. The van der Waals surface area contributed by atoms with Gasteiger partial charge in [0.05, 0.1) is 34.3 Å². The molecule has 0 fully saturated rings. The molecule has 0 aliphatic carbocycles. The number of benzene rings is 2. The molecule has 1 atom stereocenters. The van der Waals surface area contributed by atoms with Crippen molar-refractivity contribution in [1.82, 2.24) is 5.32 Å². The number of hydrogen-bond donors (Lipinski definition) is 5. The molecule has 35 heavy (non-hydrogen) atoms. The lowest BCUT2D eigenvalue weighted by atomic mass is 10.1. The zero-order valence-corrected chi connectivity index (χ0v) is 20.1. The Balaban J connectivity index is 1.76. The summed E-state index contributed by atoms with van der Waals surface area (Å²) in [4.78, 5) is 35.9. The van der Waals surface area contributed by atoms with Crippen LogP contribution in [0.2, 0.25) is 5.02 Å². The predicted octanol–water partition coefficient (Wildman–Crippen LogP) is 3.27. The van der Waals surface area contributed by atoms with Crippen molar-refractivity contribution >= 4 is 46.8 Å². The van der Waals surface area contributed by atoms with Gasteiger partial charge in [0.2, 0.25) is 5.91 Å². The number of para-hydroxylation sites is 2. The lowest BCUT2D eigenvalue weighted by Crippen LogP contribution is -2.40. The summed E-state index contributed by atoms with van der Waals surface area (Å²) in [6.07, 6.45) is 4.30. The summed E-state index contributed by atoms with van der Waals surface area (Å²) in [5.74, 6) is 4.18. The number of unbranched alkanes of at least 4 members (excludes halogenated alkanes) is 2. The number of hydrogen-bond acceptors (Lipinski definition) is 7. The van der Waals surface area contributed by atoms with Crippen LogP contribution < -0.4 is 32.5 Å². The first kappa shape index (κ1) is 27.6. The van der Waals surface area contributed by atoms with Gasteiger partial charge in [0, 0.05) is 13.5 Å². The maximum Gasteiger partial charge on any atom is 0.269 e. The quantitative estimate of drug-likeness (QED) is 0.0925. The van der Waals surface area contributed by atoms with Crippen LogP contribution in [0.4, 0.5) is 21.5 Å². The minimum atomic E-state index is -0.764. The second kappa shape index (κ2) is 13.9. The van der Waals surface area contributed by atoms with Crippen molar-refractivity contribution in [3.63, 3.8) is 0 Å². The van der Waals surface area contributed by atoms with Crippen LogP contribution in [0.15, 0.2) is 54.4 Å². The summed E-state index contributed by atoms with van der Waals surface area (Å²) in [6, 6.07) is 10.9. The Morgan fingerprint density at radius 1 is 1.11 bits per heavy atom. The number of rotatable bonds is 13. The molecule has 2 aromatic rings. The summed E-state index contributed by atoms with van der Waals surface area (Å²) < 4.78 is 14.1. The van der Waals surface area contributed by atoms with Gasteiger partial charge in [-0.3, -0.25) is 14.6 Å². The number of aldehydes is 1. The summed E-state index contributed by atoms with van der Waals surface area (Å²) in [6.45, 7) is 0. The van der Waals surface area contributed by atoms with Crippen molar-refractivity contribution in [2.45, 2.75) is 38.1 Å². The van der Waals surface area contributed by atoms with E-state index < -0.39 is 17.8 Å². The number of nitrogens with zero attached hydrogens (tertiary/aromatic N) is 1. The van der Waals surface area contributed by atoms with E-state index >= 15 is 0 Å². The van der Waals surface area contributed by atoms with Crippen molar-refractivity contribution in [1.29, 1.82) is 0 Å². The lowest BCUT2D eigenvalue weighted by Gasteiger charge is -2.17. The molecule has 11 heteroatoms. The van der Waals surface area contributed by atoms with E-state index in [1.54, 1.807) is 7.05 Å². The predicted molar refractivity (Wildman–Crippen MR) is 136 cm³/mol. The van der Waals surface area contributed by atoms with Gasteiger partial charge in [-0.2, -0.15) is 0 Å². The number of nitrogens with two attached hydrogens (primary N) is 2. The third kappa shape index (κ3) is 8.58. The molecule has 0 saturated carbocycles. The molecule has 2 amide bonds. The highest BCUT2D eigenvalue weighted by Gasteiger charge is 2.16. The van der Waals surface area contributed by atoms with Crippen molar-refractivity contribution in [2.75, 3.05) is 22.7 Å². The minimum Gasteiger partial charge on any atom is -0.393 e. The highest BCUT2D eigenvalue weighted by atomic mass is 35.5. The summed E-state index contributed by atoms with van der Waals surface area (Å²) in [7, 11) is 1.78. The molecule has 0 heterocycles. The molecule has 1 unspecified atom stereocenters. The topological polar surface area (TPSA) is 143 Å². The Bertz CT molecular complexity index is 1070. The van der Waals surface area contributed by atoms with Gasteiger partial charge < -0.3 is 26.5 Å². The summed E-state index contributed by atoms with van der Waals surface area (Å²) >= 11 is 5.73. The van der Waals surface area contributed by atoms with Crippen LogP contribution in [0, 0.1) is 5.82 Å². The monoisotopic (exact) mass is 504 g/mol. The van der Waals surface area contributed by atoms with E-state index in [2.05, 4.69) is 16.0 Å². The Labute approximate surface area is 208 Å². The third-order valence-corrected chi connectivity index (χ3v) is 5.41. The Morgan fingerprint density at radius 3 is 2.51 bits per heavy atom. The van der Waals surface area contributed by atoms with E-state index in [0.717, 1.165) is 16.9 Å². The fourth-order valence-corrected chi connectivity index (χ4v) is 3.41. The fourth-order valence-electron chi connectivity index (χ4n) is 3.25. The van der Waals surface area contributed by atoms with Crippen LogP contribution in [0.1, 0.15) is 32.1 Å². The number of halogens is 2. The number of anilines is 3. The molecule has 0 aliphatic rings. The van der Waals surface area contributed by atoms with Crippen LogP contribution in [0.3, 0.4) is 0 Å². The van der Waals surface area contributed by atoms with Gasteiger partial charge in [0.25, 0.3) is 5.91 Å².